The first-order valence-corrected chi connectivity index (χ1v) is 4.26. The molecule has 3 nitrogen and oxygen atoms in total. The maximum absolute atomic E-state index is 11.4. The highest BCUT2D eigenvalue weighted by molar-refractivity contribution is 5.87. The Kier molecular flexibility index (Phi) is 3.29. The Balaban J connectivity index is 2.53. The number of carbonyl (C=O) groups is 1. The molecule has 0 aromatic rings. The monoisotopic (exact) mass is 169 g/mol. The van der Waals surface area contributed by atoms with Crippen LogP contribution < -0.4 is 0 Å². The van der Waals surface area contributed by atoms with Gasteiger partial charge in [-0.1, -0.05) is 6.08 Å². The van der Waals surface area contributed by atoms with Crippen molar-refractivity contribution in [1.29, 1.82) is 0 Å². The first-order valence-electron chi connectivity index (χ1n) is 4.26. The molecule has 12 heavy (non-hydrogen) atoms. The van der Waals surface area contributed by atoms with Gasteiger partial charge in [-0.2, -0.15) is 0 Å². The van der Waals surface area contributed by atoms with Crippen molar-refractivity contribution in [3.63, 3.8) is 0 Å². The first kappa shape index (κ1) is 9.26. The summed E-state index contributed by atoms with van der Waals surface area (Å²) in [5, 5.41) is 0. The minimum absolute atomic E-state index is 0.0910. The van der Waals surface area contributed by atoms with Crippen LogP contribution in [0.1, 0.15) is 13.8 Å². The largest absolute Gasteiger partial charge is 0.377 e. The maximum Gasteiger partial charge on any atom is 0.246 e. The van der Waals surface area contributed by atoms with Gasteiger partial charge in [-0.25, -0.2) is 0 Å². The number of allylic oxidation sites excluding steroid dienone is 1. The lowest BCUT2D eigenvalue weighted by Gasteiger charge is -2.32. The molecule has 1 aliphatic heterocycles. The minimum atomic E-state index is 0.0910. The zero-order valence-corrected chi connectivity index (χ0v) is 7.62. The lowest BCUT2D eigenvalue weighted by Crippen LogP contribution is -2.46. The Morgan fingerprint density at radius 3 is 3.00 bits per heavy atom. The van der Waals surface area contributed by atoms with Gasteiger partial charge in [0.15, 0.2) is 0 Å². The van der Waals surface area contributed by atoms with Crippen LogP contribution in [0.5, 0.6) is 0 Å². The second kappa shape index (κ2) is 4.26. The van der Waals surface area contributed by atoms with Crippen LogP contribution in [0.3, 0.4) is 0 Å². The zero-order chi connectivity index (χ0) is 8.97. The molecule has 1 saturated heterocycles. The highest BCUT2D eigenvalue weighted by Crippen LogP contribution is 2.06. The van der Waals surface area contributed by atoms with Gasteiger partial charge < -0.3 is 9.64 Å². The molecule has 1 heterocycles. The summed E-state index contributed by atoms with van der Waals surface area (Å²) in [6, 6.07) is 0.211. The molecule has 1 amide bonds. The molecule has 0 radical (unpaired) electrons. The summed E-state index contributed by atoms with van der Waals surface area (Å²) in [4.78, 5) is 13.2. The van der Waals surface area contributed by atoms with E-state index < -0.39 is 0 Å². The number of amides is 1. The Labute approximate surface area is 73.0 Å². The third-order valence-electron chi connectivity index (χ3n) is 1.96. The van der Waals surface area contributed by atoms with Gasteiger partial charge in [-0.15, -0.1) is 0 Å². The average molecular weight is 169 g/mol. The highest BCUT2D eigenvalue weighted by Gasteiger charge is 2.21. The molecule has 0 aliphatic carbocycles. The Bertz CT molecular complexity index is 189. The van der Waals surface area contributed by atoms with E-state index in [9.17, 15) is 4.79 Å². The fourth-order valence-electron chi connectivity index (χ4n) is 1.29. The molecule has 1 aliphatic rings. The van der Waals surface area contributed by atoms with Crippen LogP contribution in [0.2, 0.25) is 0 Å². The number of nitrogens with zero attached hydrogens (tertiary/aromatic N) is 1. The Morgan fingerprint density at radius 2 is 2.42 bits per heavy atom. The van der Waals surface area contributed by atoms with Crippen LogP contribution in [-0.4, -0.2) is 36.6 Å². The van der Waals surface area contributed by atoms with Gasteiger partial charge in [-0.3, -0.25) is 4.79 Å². The van der Waals surface area contributed by atoms with Gasteiger partial charge in [-0.05, 0) is 19.9 Å². The van der Waals surface area contributed by atoms with Crippen LogP contribution in [0.4, 0.5) is 0 Å². The number of hydrogen-bond donors (Lipinski definition) is 0. The average Bonchev–Trinajstić information content (AvgIpc) is 2.05. The summed E-state index contributed by atoms with van der Waals surface area (Å²) in [7, 11) is 0. The molecular weight excluding hydrogens is 154 g/mol. The summed E-state index contributed by atoms with van der Waals surface area (Å²) >= 11 is 0. The highest BCUT2D eigenvalue weighted by atomic mass is 16.5. The lowest BCUT2D eigenvalue weighted by atomic mass is 10.2. The fraction of sp³-hybridized carbons (Fsp3) is 0.667. The van der Waals surface area contributed by atoms with E-state index in [0.717, 1.165) is 0 Å². The third-order valence-corrected chi connectivity index (χ3v) is 1.96. The van der Waals surface area contributed by atoms with E-state index in [1.807, 2.05) is 18.7 Å². The van der Waals surface area contributed by atoms with Crippen LogP contribution in [-0.2, 0) is 9.53 Å². The molecule has 0 aromatic carbocycles. The van der Waals surface area contributed by atoms with E-state index in [-0.39, 0.29) is 11.9 Å². The molecule has 1 atom stereocenters. The second-order valence-electron chi connectivity index (χ2n) is 2.96. The number of morpholine rings is 1. The van der Waals surface area contributed by atoms with Crippen molar-refractivity contribution in [3.8, 4) is 0 Å². The molecule has 1 fully saturated rings. The van der Waals surface area contributed by atoms with Crippen molar-refractivity contribution in [2.75, 3.05) is 19.8 Å². The van der Waals surface area contributed by atoms with E-state index in [1.54, 1.807) is 12.2 Å². The van der Waals surface area contributed by atoms with Crippen LogP contribution in [0.25, 0.3) is 0 Å². The number of rotatable bonds is 1. The molecule has 68 valence electrons. The van der Waals surface area contributed by atoms with E-state index in [0.29, 0.717) is 19.8 Å². The molecule has 0 aromatic heterocycles. The number of carbonyl (C=O) groups excluding carboxylic acids is 1. The summed E-state index contributed by atoms with van der Waals surface area (Å²) in [5.41, 5.74) is 0. The van der Waals surface area contributed by atoms with Crippen molar-refractivity contribution in [2.45, 2.75) is 19.9 Å². The van der Waals surface area contributed by atoms with Crippen LogP contribution in [0.15, 0.2) is 12.2 Å². The van der Waals surface area contributed by atoms with Crippen molar-refractivity contribution in [2.24, 2.45) is 0 Å². The van der Waals surface area contributed by atoms with Gasteiger partial charge in [0.1, 0.15) is 0 Å². The van der Waals surface area contributed by atoms with Gasteiger partial charge in [0.2, 0.25) is 5.91 Å². The normalized spacial score (nSPS) is 24.8. The smallest absolute Gasteiger partial charge is 0.246 e. The van der Waals surface area contributed by atoms with E-state index in [4.69, 9.17) is 4.74 Å². The standard InChI is InChI=1S/C9H15NO2/c1-3-4-9(11)10-5-6-12-7-8(10)2/h3-4,8H,5-7H2,1-2H3/b4-3+/t8-/m1/s1. The molecular formula is C9H15NO2. The first-order chi connectivity index (χ1) is 5.75. The van der Waals surface area contributed by atoms with Crippen LogP contribution >= 0.6 is 0 Å². The second-order valence-corrected chi connectivity index (χ2v) is 2.96. The summed E-state index contributed by atoms with van der Waals surface area (Å²) in [5.74, 6) is 0.0910. The lowest BCUT2D eigenvalue weighted by molar-refractivity contribution is -0.133. The van der Waals surface area contributed by atoms with Gasteiger partial charge in [0, 0.05) is 6.54 Å². The van der Waals surface area contributed by atoms with Gasteiger partial charge in [0.05, 0.1) is 19.3 Å². The van der Waals surface area contributed by atoms with E-state index in [1.165, 1.54) is 0 Å². The minimum Gasteiger partial charge on any atom is -0.377 e. The molecule has 0 spiro atoms. The Morgan fingerprint density at radius 1 is 1.67 bits per heavy atom. The third kappa shape index (κ3) is 2.08. The molecule has 3 heteroatoms. The number of hydrogen-bond acceptors (Lipinski definition) is 2. The molecule has 0 bridgehead atoms. The zero-order valence-electron chi connectivity index (χ0n) is 7.62. The Hall–Kier alpha value is -0.830. The van der Waals surface area contributed by atoms with E-state index >= 15 is 0 Å². The van der Waals surface area contributed by atoms with Crippen molar-refractivity contribution in [1.82, 2.24) is 4.90 Å². The molecule has 1 rings (SSSR count). The summed E-state index contributed by atoms with van der Waals surface area (Å²) in [6.45, 7) is 5.88. The molecule has 0 N–H and O–H groups in total. The van der Waals surface area contributed by atoms with E-state index in [2.05, 4.69) is 0 Å². The topological polar surface area (TPSA) is 29.5 Å². The van der Waals surface area contributed by atoms with Gasteiger partial charge in [0.25, 0.3) is 0 Å². The van der Waals surface area contributed by atoms with Crippen LogP contribution in [0, 0.1) is 0 Å². The number of ether oxygens (including phenoxy) is 1. The quantitative estimate of drug-likeness (QED) is 0.544. The molecule has 0 unspecified atom stereocenters. The maximum atomic E-state index is 11.4. The van der Waals surface area contributed by atoms with Crippen molar-refractivity contribution >= 4 is 5.91 Å². The SMILES string of the molecule is C/C=C/C(=O)N1CCOC[C@H]1C. The summed E-state index contributed by atoms with van der Waals surface area (Å²) < 4.78 is 5.22. The van der Waals surface area contributed by atoms with Crippen molar-refractivity contribution in [3.05, 3.63) is 12.2 Å². The predicted octanol–water partition coefficient (Wildman–Crippen LogP) is 0.810. The van der Waals surface area contributed by atoms with Gasteiger partial charge >= 0.3 is 0 Å². The predicted molar refractivity (Wildman–Crippen MR) is 46.8 cm³/mol. The fourth-order valence-corrected chi connectivity index (χ4v) is 1.29. The van der Waals surface area contributed by atoms with Crippen molar-refractivity contribution < 1.29 is 9.53 Å². The molecule has 0 saturated carbocycles. The summed E-state index contributed by atoms with van der Waals surface area (Å²) in [6.07, 6.45) is 3.37.